The van der Waals surface area contributed by atoms with Gasteiger partial charge in [-0.1, -0.05) is 0 Å². The standard InChI is InChI=1S/C13H13N3O3S/c1-8-10(6-15-16-8)13(19)14-7-11-9(4-5-20-11)2-3-12(17)18/h2-6H,7H2,1H3,(H,14,19)(H,15,16)(H,17,18)/b3-2+. The lowest BCUT2D eigenvalue weighted by atomic mass is 10.2. The number of nitrogens with one attached hydrogen (secondary N) is 2. The molecule has 0 saturated carbocycles. The van der Waals surface area contributed by atoms with E-state index in [0.717, 1.165) is 16.5 Å². The SMILES string of the molecule is Cc1[nH]ncc1C(=O)NCc1sccc1/C=C/C(=O)O. The maximum Gasteiger partial charge on any atom is 0.328 e. The number of aryl methyl sites for hydroxylation is 1. The van der Waals surface area contributed by atoms with Gasteiger partial charge in [-0.25, -0.2) is 4.79 Å². The summed E-state index contributed by atoms with van der Waals surface area (Å²) >= 11 is 1.46. The number of aromatic amines is 1. The molecule has 0 aliphatic carbocycles. The first-order chi connectivity index (χ1) is 9.58. The molecule has 2 heterocycles. The van der Waals surface area contributed by atoms with Gasteiger partial charge in [0.25, 0.3) is 5.91 Å². The maximum absolute atomic E-state index is 11.9. The summed E-state index contributed by atoms with van der Waals surface area (Å²) in [6.07, 6.45) is 4.07. The number of aliphatic carboxylic acids is 1. The molecule has 0 aliphatic rings. The molecule has 0 atom stereocenters. The van der Waals surface area contributed by atoms with Crippen molar-refractivity contribution in [1.29, 1.82) is 0 Å². The Bertz CT molecular complexity index is 657. The number of thiophene rings is 1. The highest BCUT2D eigenvalue weighted by Gasteiger charge is 2.11. The second kappa shape index (κ2) is 6.16. The Balaban J connectivity index is 2.01. The molecule has 0 aromatic carbocycles. The van der Waals surface area contributed by atoms with Gasteiger partial charge in [-0.2, -0.15) is 5.10 Å². The van der Waals surface area contributed by atoms with Crippen molar-refractivity contribution in [1.82, 2.24) is 15.5 Å². The van der Waals surface area contributed by atoms with E-state index in [1.807, 2.05) is 11.4 Å². The molecule has 2 aromatic rings. The minimum absolute atomic E-state index is 0.210. The van der Waals surface area contributed by atoms with Crippen LogP contribution in [0, 0.1) is 6.92 Å². The van der Waals surface area contributed by atoms with Gasteiger partial charge in [-0.3, -0.25) is 9.89 Å². The third-order valence-electron chi connectivity index (χ3n) is 2.67. The monoisotopic (exact) mass is 291 g/mol. The Morgan fingerprint density at radius 3 is 3.00 bits per heavy atom. The summed E-state index contributed by atoms with van der Waals surface area (Å²) in [6, 6.07) is 1.81. The average molecular weight is 291 g/mol. The number of aromatic nitrogens is 2. The van der Waals surface area contributed by atoms with Crippen molar-refractivity contribution in [2.24, 2.45) is 0 Å². The van der Waals surface area contributed by atoms with Crippen LogP contribution >= 0.6 is 11.3 Å². The largest absolute Gasteiger partial charge is 0.478 e. The number of nitrogens with zero attached hydrogens (tertiary/aromatic N) is 1. The molecule has 0 aliphatic heterocycles. The summed E-state index contributed by atoms with van der Waals surface area (Å²) in [5.41, 5.74) is 2.01. The highest BCUT2D eigenvalue weighted by atomic mass is 32.1. The van der Waals surface area contributed by atoms with Gasteiger partial charge >= 0.3 is 5.97 Å². The summed E-state index contributed by atoms with van der Waals surface area (Å²) in [5, 5.41) is 19.7. The Morgan fingerprint density at radius 2 is 2.35 bits per heavy atom. The molecule has 0 saturated heterocycles. The lowest BCUT2D eigenvalue weighted by Gasteiger charge is -2.03. The summed E-state index contributed by atoms with van der Waals surface area (Å²) in [4.78, 5) is 23.3. The predicted molar refractivity (Wildman–Crippen MR) is 75.5 cm³/mol. The molecule has 3 N–H and O–H groups in total. The van der Waals surface area contributed by atoms with Crippen LogP contribution in [0.25, 0.3) is 6.08 Å². The number of carboxylic acid groups (broad SMARTS) is 1. The molecule has 7 heteroatoms. The molecule has 6 nitrogen and oxygen atoms in total. The van der Waals surface area contributed by atoms with Crippen LogP contribution in [0.2, 0.25) is 0 Å². The van der Waals surface area contributed by atoms with Crippen LogP contribution in [0.4, 0.5) is 0 Å². The van der Waals surface area contributed by atoms with Crippen molar-refractivity contribution in [2.75, 3.05) is 0 Å². The molecule has 1 amide bonds. The van der Waals surface area contributed by atoms with Crippen molar-refractivity contribution >= 4 is 29.3 Å². The summed E-state index contributed by atoms with van der Waals surface area (Å²) in [7, 11) is 0. The number of carboxylic acids is 1. The quantitative estimate of drug-likeness (QED) is 0.732. The third kappa shape index (κ3) is 3.33. The van der Waals surface area contributed by atoms with E-state index >= 15 is 0 Å². The molecule has 20 heavy (non-hydrogen) atoms. The van der Waals surface area contributed by atoms with Gasteiger partial charge in [0.1, 0.15) is 0 Å². The van der Waals surface area contributed by atoms with Gasteiger partial charge < -0.3 is 10.4 Å². The van der Waals surface area contributed by atoms with Crippen molar-refractivity contribution in [3.63, 3.8) is 0 Å². The second-order valence-electron chi connectivity index (χ2n) is 4.06. The Morgan fingerprint density at radius 1 is 1.55 bits per heavy atom. The van der Waals surface area contributed by atoms with Gasteiger partial charge in [0.15, 0.2) is 0 Å². The minimum atomic E-state index is -1.000. The summed E-state index contributed by atoms with van der Waals surface area (Å²) in [5.74, 6) is -1.21. The van der Waals surface area contributed by atoms with Crippen LogP contribution < -0.4 is 5.32 Å². The summed E-state index contributed by atoms with van der Waals surface area (Å²) < 4.78 is 0. The second-order valence-corrected chi connectivity index (χ2v) is 5.06. The zero-order valence-electron chi connectivity index (χ0n) is 10.7. The number of carbonyl (C=O) groups excluding carboxylic acids is 1. The minimum Gasteiger partial charge on any atom is -0.478 e. The number of hydrogen-bond donors (Lipinski definition) is 3. The zero-order valence-corrected chi connectivity index (χ0v) is 11.5. The van der Waals surface area contributed by atoms with Gasteiger partial charge in [0.05, 0.1) is 18.3 Å². The fourth-order valence-electron chi connectivity index (χ4n) is 1.64. The molecule has 104 valence electrons. The molecular weight excluding hydrogens is 278 g/mol. The smallest absolute Gasteiger partial charge is 0.328 e. The number of H-pyrrole nitrogens is 1. The van der Waals surface area contributed by atoms with Crippen molar-refractivity contribution in [3.05, 3.63) is 45.4 Å². The van der Waals surface area contributed by atoms with Crippen molar-refractivity contribution < 1.29 is 14.7 Å². The highest BCUT2D eigenvalue weighted by molar-refractivity contribution is 7.10. The van der Waals surface area contributed by atoms with E-state index in [9.17, 15) is 9.59 Å². The lowest BCUT2D eigenvalue weighted by Crippen LogP contribution is -2.22. The van der Waals surface area contributed by atoms with Crippen molar-refractivity contribution in [2.45, 2.75) is 13.5 Å². The Labute approximate surface area is 119 Å². The Kier molecular flexibility index (Phi) is 4.31. The van der Waals surface area contributed by atoms with E-state index in [-0.39, 0.29) is 5.91 Å². The van der Waals surface area contributed by atoms with Crippen LogP contribution in [0.5, 0.6) is 0 Å². The molecule has 0 spiro atoms. The van der Waals surface area contributed by atoms with Crippen LogP contribution in [-0.2, 0) is 11.3 Å². The van der Waals surface area contributed by atoms with Crippen molar-refractivity contribution in [3.8, 4) is 0 Å². The summed E-state index contributed by atoms with van der Waals surface area (Å²) in [6.45, 7) is 2.12. The number of hydrogen-bond acceptors (Lipinski definition) is 4. The Hall–Kier alpha value is -2.41. The third-order valence-corrected chi connectivity index (χ3v) is 3.61. The molecule has 2 aromatic heterocycles. The van der Waals surface area contributed by atoms with E-state index in [2.05, 4.69) is 15.5 Å². The number of rotatable bonds is 5. The molecule has 0 fully saturated rings. The van der Waals surface area contributed by atoms with Gasteiger partial charge in [0, 0.05) is 16.6 Å². The number of carbonyl (C=O) groups is 2. The normalized spacial score (nSPS) is 10.8. The van der Waals surface area contributed by atoms with Gasteiger partial charge in [0.2, 0.25) is 0 Å². The van der Waals surface area contributed by atoms with Crippen LogP contribution in [0.15, 0.2) is 23.7 Å². The average Bonchev–Trinajstić information content (AvgIpc) is 3.02. The fourth-order valence-corrected chi connectivity index (χ4v) is 2.45. The first-order valence-electron chi connectivity index (χ1n) is 5.83. The van der Waals surface area contributed by atoms with Crippen LogP contribution in [-0.4, -0.2) is 27.2 Å². The van der Waals surface area contributed by atoms with E-state index < -0.39 is 5.97 Å². The molecule has 0 bridgehead atoms. The van der Waals surface area contributed by atoms with Gasteiger partial charge in [-0.05, 0) is 30.0 Å². The van der Waals surface area contributed by atoms with Crippen LogP contribution in [0.3, 0.4) is 0 Å². The molecule has 0 radical (unpaired) electrons. The van der Waals surface area contributed by atoms with Crippen LogP contribution in [0.1, 0.15) is 26.5 Å². The van der Waals surface area contributed by atoms with E-state index in [1.54, 1.807) is 6.92 Å². The van der Waals surface area contributed by atoms with E-state index in [0.29, 0.717) is 17.8 Å². The fraction of sp³-hybridized carbons (Fsp3) is 0.154. The maximum atomic E-state index is 11.9. The number of amides is 1. The molecule has 0 unspecified atom stereocenters. The zero-order chi connectivity index (χ0) is 14.5. The first kappa shape index (κ1) is 14.0. The van der Waals surface area contributed by atoms with E-state index in [1.165, 1.54) is 23.6 Å². The molecular formula is C13H13N3O3S. The first-order valence-corrected chi connectivity index (χ1v) is 6.71. The lowest BCUT2D eigenvalue weighted by molar-refractivity contribution is -0.131. The topological polar surface area (TPSA) is 95.1 Å². The highest BCUT2D eigenvalue weighted by Crippen LogP contribution is 2.18. The van der Waals surface area contributed by atoms with Gasteiger partial charge in [-0.15, -0.1) is 11.3 Å². The molecule has 2 rings (SSSR count). The van der Waals surface area contributed by atoms with E-state index in [4.69, 9.17) is 5.11 Å². The predicted octanol–water partition coefficient (Wildman–Crippen LogP) is 1.81.